The number of nitrogens with one attached hydrogen (secondary N) is 2. The van der Waals surface area contributed by atoms with Crippen LogP contribution in [-0.2, 0) is 10.1 Å². The van der Waals surface area contributed by atoms with E-state index in [0.29, 0.717) is 11.4 Å². The predicted molar refractivity (Wildman–Crippen MR) is 105 cm³/mol. The van der Waals surface area contributed by atoms with Gasteiger partial charge in [-0.1, -0.05) is 17.7 Å². The number of rotatable bonds is 5. The van der Waals surface area contributed by atoms with E-state index >= 15 is 0 Å². The van der Waals surface area contributed by atoms with Crippen molar-refractivity contribution in [1.82, 2.24) is 0 Å². The minimum absolute atomic E-state index is 0. The van der Waals surface area contributed by atoms with Crippen molar-refractivity contribution in [3.05, 3.63) is 97.4 Å². The first-order chi connectivity index (χ1) is 13.7. The summed E-state index contributed by atoms with van der Waals surface area (Å²) in [5.74, 6) is 0. The number of anilines is 2. The van der Waals surface area contributed by atoms with Crippen molar-refractivity contribution in [1.29, 1.82) is 0 Å². The van der Waals surface area contributed by atoms with Crippen LogP contribution in [0.5, 0.6) is 0 Å². The quantitative estimate of drug-likeness (QED) is 0.254. The summed E-state index contributed by atoms with van der Waals surface area (Å²) in [6.45, 7) is 1.93. The summed E-state index contributed by atoms with van der Waals surface area (Å²) in [6, 6.07) is 14.5. The van der Waals surface area contributed by atoms with E-state index < -0.39 is 21.0 Å². The minimum Gasteiger partial charge on any atom is -0.744 e. The normalized spacial score (nSPS) is 12.3. The minimum atomic E-state index is -4.55. The van der Waals surface area contributed by atoms with Crippen LogP contribution in [0.3, 0.4) is 0 Å². The molecule has 0 aliphatic rings. The number of benzene rings is 3. The molecule has 3 aromatic carbocycles. The van der Waals surface area contributed by atoms with Gasteiger partial charge in [0.05, 0.1) is 16.3 Å². The van der Waals surface area contributed by atoms with Crippen LogP contribution in [0.4, 0.5) is 11.4 Å². The molecule has 0 radical (unpaired) electrons. The van der Waals surface area contributed by atoms with Crippen LogP contribution in [-0.4, -0.2) is 13.0 Å². The fraction of sp³-hybridized carbons (Fsp3) is 0.0526. The van der Waals surface area contributed by atoms with Crippen LogP contribution in [0.1, 0.15) is 5.56 Å². The van der Waals surface area contributed by atoms with Gasteiger partial charge in [0, 0.05) is 0 Å². The summed E-state index contributed by atoms with van der Waals surface area (Å²) in [4.78, 5) is 24.1. The van der Waals surface area contributed by atoms with Crippen LogP contribution >= 0.6 is 0 Å². The third kappa shape index (κ3) is 5.94. The molecule has 2 N–H and O–H groups in total. The number of aryl methyl sites for hydroxylation is 1. The first-order valence-corrected chi connectivity index (χ1v) is 9.72. The Kier molecular flexibility index (Phi) is 7.82. The van der Waals surface area contributed by atoms with E-state index in [0.717, 1.165) is 17.7 Å². The van der Waals surface area contributed by atoms with E-state index in [4.69, 9.17) is 0 Å². The van der Waals surface area contributed by atoms with Gasteiger partial charge in [0.1, 0.15) is 15.5 Å². The molecule has 0 heterocycles. The molecule has 3 rings (SSSR count). The molecule has 30 heavy (non-hydrogen) atoms. The maximum atomic E-state index is 12.5. The Bertz CT molecular complexity index is 1360. The molecule has 148 valence electrons. The Hall–Kier alpha value is -2.63. The van der Waals surface area contributed by atoms with Gasteiger partial charge in [-0.25, -0.2) is 8.42 Å². The molecule has 3 aromatic rings. The molecule has 0 fully saturated rings. The van der Waals surface area contributed by atoms with Crippen molar-refractivity contribution in [2.24, 2.45) is 10.2 Å². The van der Waals surface area contributed by atoms with E-state index in [2.05, 4.69) is 21.1 Å². The number of hydrogen-bond acceptors (Lipinski definition) is 9. The van der Waals surface area contributed by atoms with Gasteiger partial charge in [-0.05, 0) is 55.5 Å². The SMILES string of the molecule is Cc1ccc(NN=c2c(=O)ccc(=NNc3ccc(S(=O)(=O)[O-])cc3)c2=O)cc1.[Na+]. The standard InChI is InChI=1S/C19H16N4O5S.Na/c1-12-2-4-13(5-3-12)21-23-18-17(24)11-10-16(19(18)25)22-20-14-6-8-15(9-7-14)29(26,27)28;/h2-11,20-21H,1H3,(H,26,27,28);/q;+1/p-1. The average Bonchev–Trinajstić information content (AvgIpc) is 2.68. The molecular weight excluding hydrogens is 419 g/mol. The molecule has 0 saturated heterocycles. The van der Waals surface area contributed by atoms with Crippen molar-refractivity contribution in [3.8, 4) is 0 Å². The molecule has 0 atom stereocenters. The van der Waals surface area contributed by atoms with E-state index in [1.807, 2.05) is 19.1 Å². The first kappa shape index (κ1) is 23.6. The fourth-order valence-corrected chi connectivity index (χ4v) is 2.78. The predicted octanol–water partition coefficient (Wildman–Crippen LogP) is -2.65. The van der Waals surface area contributed by atoms with Crippen LogP contribution in [0.2, 0.25) is 0 Å². The number of hydrogen-bond donors (Lipinski definition) is 2. The van der Waals surface area contributed by atoms with Gasteiger partial charge in [-0.15, -0.1) is 0 Å². The summed E-state index contributed by atoms with van der Waals surface area (Å²) >= 11 is 0. The van der Waals surface area contributed by atoms with Crippen molar-refractivity contribution in [3.63, 3.8) is 0 Å². The van der Waals surface area contributed by atoms with Gasteiger partial charge in [0.15, 0.2) is 5.36 Å². The molecule has 0 unspecified atom stereocenters. The molecule has 0 spiro atoms. The Morgan fingerprint density at radius 3 is 1.90 bits per heavy atom. The maximum absolute atomic E-state index is 12.5. The first-order valence-electron chi connectivity index (χ1n) is 8.31. The average molecular weight is 434 g/mol. The monoisotopic (exact) mass is 434 g/mol. The van der Waals surface area contributed by atoms with Gasteiger partial charge in [-0.2, -0.15) is 10.2 Å². The van der Waals surface area contributed by atoms with Crippen LogP contribution in [0.25, 0.3) is 0 Å². The fourth-order valence-electron chi connectivity index (χ4n) is 2.31. The van der Waals surface area contributed by atoms with E-state index in [9.17, 15) is 22.6 Å². The topological polar surface area (TPSA) is 140 Å². The van der Waals surface area contributed by atoms with Crippen LogP contribution < -0.4 is 62.0 Å². The number of nitrogens with zero attached hydrogens (tertiary/aromatic N) is 2. The molecule has 0 aliphatic heterocycles. The second-order valence-electron chi connectivity index (χ2n) is 6.05. The molecule has 0 aliphatic carbocycles. The zero-order valence-corrected chi connectivity index (χ0v) is 18.9. The van der Waals surface area contributed by atoms with Crippen LogP contribution in [0.15, 0.2) is 85.4 Å². The molecular formula is C19H15N4NaO5S. The molecule has 0 aromatic heterocycles. The smallest absolute Gasteiger partial charge is 0.744 e. The van der Waals surface area contributed by atoms with Crippen LogP contribution in [0, 0.1) is 6.92 Å². The van der Waals surface area contributed by atoms with Crippen molar-refractivity contribution in [2.75, 3.05) is 10.9 Å². The Labute approximate surface area is 193 Å². The van der Waals surface area contributed by atoms with E-state index in [1.165, 1.54) is 24.3 Å². The second kappa shape index (κ2) is 9.92. The van der Waals surface area contributed by atoms with Crippen molar-refractivity contribution in [2.45, 2.75) is 11.8 Å². The largest absolute Gasteiger partial charge is 1.00 e. The van der Waals surface area contributed by atoms with E-state index in [1.54, 1.807) is 12.1 Å². The van der Waals surface area contributed by atoms with Crippen molar-refractivity contribution < 1.29 is 42.5 Å². The third-order valence-corrected chi connectivity index (χ3v) is 4.72. The zero-order valence-electron chi connectivity index (χ0n) is 16.1. The summed E-state index contributed by atoms with van der Waals surface area (Å²) in [7, 11) is -4.55. The zero-order chi connectivity index (χ0) is 21.0. The van der Waals surface area contributed by atoms with E-state index in [-0.39, 0.29) is 45.2 Å². The summed E-state index contributed by atoms with van der Waals surface area (Å²) in [6.07, 6.45) is 0. The van der Waals surface area contributed by atoms with Gasteiger partial charge in [0.2, 0.25) is 10.9 Å². The van der Waals surface area contributed by atoms with Gasteiger partial charge in [-0.3, -0.25) is 20.4 Å². The third-order valence-electron chi connectivity index (χ3n) is 3.87. The second-order valence-corrected chi connectivity index (χ2v) is 7.43. The Balaban J connectivity index is 0.00000320. The maximum Gasteiger partial charge on any atom is 1.00 e. The summed E-state index contributed by atoms with van der Waals surface area (Å²) in [5.41, 5.74) is 6.02. The summed E-state index contributed by atoms with van der Waals surface area (Å²) in [5, 5.41) is 7.44. The van der Waals surface area contributed by atoms with Gasteiger partial charge < -0.3 is 4.55 Å². The molecule has 0 saturated carbocycles. The van der Waals surface area contributed by atoms with Gasteiger partial charge in [0.25, 0.3) is 0 Å². The van der Waals surface area contributed by atoms with Crippen molar-refractivity contribution >= 4 is 21.5 Å². The molecule has 9 nitrogen and oxygen atoms in total. The Morgan fingerprint density at radius 2 is 1.33 bits per heavy atom. The molecule has 11 heteroatoms. The Morgan fingerprint density at radius 1 is 0.800 bits per heavy atom. The van der Waals surface area contributed by atoms with Gasteiger partial charge >= 0.3 is 29.6 Å². The summed E-state index contributed by atoms with van der Waals surface area (Å²) < 4.78 is 32.8. The molecule has 0 bridgehead atoms. The molecule has 0 amide bonds.